The molecule has 0 saturated carbocycles. The first-order chi connectivity index (χ1) is 11.7. The zero-order valence-electron chi connectivity index (χ0n) is 12.7. The van der Waals surface area contributed by atoms with Crippen molar-refractivity contribution < 1.29 is 9.21 Å². The van der Waals surface area contributed by atoms with Gasteiger partial charge in [0.15, 0.2) is 10.8 Å². The molecule has 1 aromatic carbocycles. The third-order valence-corrected chi connectivity index (χ3v) is 5.29. The van der Waals surface area contributed by atoms with Crippen LogP contribution in [-0.2, 0) is 17.1 Å². The second-order valence-corrected chi connectivity index (χ2v) is 7.30. The van der Waals surface area contributed by atoms with Crippen LogP contribution in [0.3, 0.4) is 0 Å². The monoisotopic (exact) mass is 378 g/mol. The lowest BCUT2D eigenvalue weighted by atomic mass is 10.2. The maximum Gasteiger partial charge on any atom is 0.230 e. The van der Waals surface area contributed by atoms with E-state index in [0.29, 0.717) is 23.1 Å². The first-order valence-corrected chi connectivity index (χ1v) is 9.69. The quantitative estimate of drug-likeness (QED) is 0.652. The number of carbonyl (C=O) groups excluding carboxylic acids is 1. The van der Waals surface area contributed by atoms with E-state index in [-0.39, 0.29) is 5.91 Å². The smallest absolute Gasteiger partial charge is 0.230 e. The normalized spacial score (nSPS) is 10.7. The fraction of sp³-hybridized carbons (Fsp3) is 0.176. The van der Waals surface area contributed by atoms with Gasteiger partial charge in [-0.25, -0.2) is 4.98 Å². The molecule has 0 unspecified atom stereocenters. The minimum atomic E-state index is 0.0106. The second-order valence-electron chi connectivity index (χ2n) is 5.02. The van der Waals surface area contributed by atoms with Crippen molar-refractivity contribution in [1.29, 1.82) is 0 Å². The SMILES string of the molecule is O=C(CSCc1csc(-c2ccco2)n1)NCc1ccc(Cl)cc1. The van der Waals surface area contributed by atoms with Gasteiger partial charge in [-0.3, -0.25) is 4.79 Å². The van der Waals surface area contributed by atoms with Crippen molar-refractivity contribution in [2.45, 2.75) is 12.3 Å². The molecule has 7 heteroatoms. The Morgan fingerprint density at radius 1 is 1.29 bits per heavy atom. The lowest BCUT2D eigenvalue weighted by Gasteiger charge is -2.05. The highest BCUT2D eigenvalue weighted by molar-refractivity contribution is 7.99. The summed E-state index contributed by atoms with van der Waals surface area (Å²) in [5.74, 6) is 1.89. The average molecular weight is 379 g/mol. The summed E-state index contributed by atoms with van der Waals surface area (Å²) in [7, 11) is 0. The lowest BCUT2D eigenvalue weighted by Crippen LogP contribution is -2.24. The fourth-order valence-electron chi connectivity index (χ4n) is 1.99. The number of halogens is 1. The summed E-state index contributed by atoms with van der Waals surface area (Å²) < 4.78 is 5.33. The van der Waals surface area contributed by atoms with Gasteiger partial charge < -0.3 is 9.73 Å². The molecule has 0 aliphatic heterocycles. The summed E-state index contributed by atoms with van der Waals surface area (Å²) in [6.07, 6.45) is 1.64. The van der Waals surface area contributed by atoms with Crippen molar-refractivity contribution in [2.75, 3.05) is 5.75 Å². The minimum Gasteiger partial charge on any atom is -0.462 e. The zero-order valence-corrected chi connectivity index (χ0v) is 15.1. The molecule has 0 spiro atoms. The standard InChI is InChI=1S/C17H15ClN2O2S2/c18-13-5-3-12(4-6-13)8-19-16(21)11-23-9-14-10-24-17(20-14)15-2-1-7-22-15/h1-7,10H,8-9,11H2,(H,19,21). The Labute approximate surface area is 153 Å². The van der Waals surface area contributed by atoms with E-state index < -0.39 is 0 Å². The first-order valence-electron chi connectivity index (χ1n) is 7.28. The molecule has 3 aromatic rings. The zero-order chi connectivity index (χ0) is 16.8. The molecule has 1 N–H and O–H groups in total. The van der Waals surface area contributed by atoms with Crippen LogP contribution in [0.5, 0.6) is 0 Å². The molecule has 0 radical (unpaired) electrons. The predicted molar refractivity (Wildman–Crippen MR) is 99.3 cm³/mol. The Hall–Kier alpha value is -1.76. The molecule has 0 atom stereocenters. The number of amides is 1. The lowest BCUT2D eigenvalue weighted by molar-refractivity contribution is -0.118. The van der Waals surface area contributed by atoms with E-state index in [1.54, 1.807) is 29.4 Å². The largest absolute Gasteiger partial charge is 0.462 e. The molecule has 0 aliphatic rings. The van der Waals surface area contributed by atoms with Crippen LogP contribution in [0.1, 0.15) is 11.3 Å². The maximum absolute atomic E-state index is 11.9. The Bertz CT molecular complexity index is 785. The summed E-state index contributed by atoms with van der Waals surface area (Å²) in [4.78, 5) is 16.4. The number of rotatable bonds is 7. The van der Waals surface area contributed by atoms with Gasteiger partial charge in [0, 0.05) is 22.7 Å². The molecule has 3 rings (SSSR count). The van der Waals surface area contributed by atoms with E-state index in [1.165, 1.54) is 0 Å². The van der Waals surface area contributed by atoms with E-state index in [2.05, 4.69) is 10.3 Å². The van der Waals surface area contributed by atoms with Crippen LogP contribution in [-0.4, -0.2) is 16.6 Å². The van der Waals surface area contributed by atoms with Crippen molar-refractivity contribution >= 4 is 40.6 Å². The first kappa shape index (κ1) is 17.1. The number of nitrogens with zero attached hydrogens (tertiary/aromatic N) is 1. The van der Waals surface area contributed by atoms with Gasteiger partial charge in [0.1, 0.15) is 0 Å². The van der Waals surface area contributed by atoms with Gasteiger partial charge in [0.2, 0.25) is 5.91 Å². The van der Waals surface area contributed by atoms with Crippen LogP contribution in [0.4, 0.5) is 0 Å². The van der Waals surface area contributed by atoms with Crippen molar-refractivity contribution in [2.24, 2.45) is 0 Å². The van der Waals surface area contributed by atoms with E-state index in [9.17, 15) is 4.79 Å². The highest BCUT2D eigenvalue weighted by atomic mass is 35.5. The Kier molecular flexibility index (Phi) is 5.96. The Morgan fingerprint density at radius 2 is 2.12 bits per heavy atom. The number of thioether (sulfide) groups is 1. The molecule has 0 saturated heterocycles. The van der Waals surface area contributed by atoms with E-state index in [1.807, 2.05) is 41.8 Å². The van der Waals surface area contributed by atoms with Gasteiger partial charge in [-0.05, 0) is 29.8 Å². The van der Waals surface area contributed by atoms with Crippen LogP contribution in [0, 0.1) is 0 Å². The van der Waals surface area contributed by atoms with Crippen LogP contribution in [0.2, 0.25) is 5.02 Å². The van der Waals surface area contributed by atoms with Gasteiger partial charge in [-0.2, -0.15) is 0 Å². The Balaban J connectivity index is 1.40. The number of nitrogens with one attached hydrogen (secondary N) is 1. The Morgan fingerprint density at radius 3 is 2.88 bits per heavy atom. The van der Waals surface area contributed by atoms with Gasteiger partial charge in [-0.15, -0.1) is 23.1 Å². The molecule has 0 aliphatic carbocycles. The summed E-state index contributed by atoms with van der Waals surface area (Å²) in [6, 6.07) is 11.2. The molecule has 0 bridgehead atoms. The number of furan rings is 1. The highest BCUT2D eigenvalue weighted by Crippen LogP contribution is 2.25. The number of hydrogen-bond donors (Lipinski definition) is 1. The van der Waals surface area contributed by atoms with Crippen molar-refractivity contribution in [1.82, 2.24) is 10.3 Å². The number of benzene rings is 1. The highest BCUT2D eigenvalue weighted by Gasteiger charge is 2.08. The molecule has 2 aromatic heterocycles. The van der Waals surface area contributed by atoms with Gasteiger partial charge >= 0.3 is 0 Å². The van der Waals surface area contributed by atoms with Crippen LogP contribution in [0.15, 0.2) is 52.5 Å². The molecule has 4 nitrogen and oxygen atoms in total. The molecule has 2 heterocycles. The van der Waals surface area contributed by atoms with E-state index in [4.69, 9.17) is 16.0 Å². The fourth-order valence-corrected chi connectivity index (χ4v) is 3.75. The number of thiazole rings is 1. The van der Waals surface area contributed by atoms with Crippen molar-refractivity contribution in [3.8, 4) is 10.8 Å². The summed E-state index contributed by atoms with van der Waals surface area (Å²) >= 11 is 8.92. The molecular formula is C17H15ClN2O2S2. The van der Waals surface area contributed by atoms with Crippen molar-refractivity contribution in [3.63, 3.8) is 0 Å². The third kappa shape index (κ3) is 4.87. The van der Waals surface area contributed by atoms with E-state index in [0.717, 1.165) is 22.0 Å². The van der Waals surface area contributed by atoms with Gasteiger partial charge in [-0.1, -0.05) is 23.7 Å². The number of carbonyl (C=O) groups is 1. The molecule has 1 amide bonds. The maximum atomic E-state index is 11.9. The second kappa shape index (κ2) is 8.37. The van der Waals surface area contributed by atoms with Crippen LogP contribution < -0.4 is 5.32 Å². The van der Waals surface area contributed by atoms with Crippen molar-refractivity contribution in [3.05, 3.63) is 64.3 Å². The predicted octanol–water partition coefficient (Wildman–Crippen LogP) is 4.61. The average Bonchev–Trinajstić information content (AvgIpc) is 3.25. The van der Waals surface area contributed by atoms with Crippen LogP contribution in [0.25, 0.3) is 10.8 Å². The summed E-state index contributed by atoms with van der Waals surface area (Å²) in [6.45, 7) is 0.510. The number of aromatic nitrogens is 1. The van der Waals surface area contributed by atoms with E-state index >= 15 is 0 Å². The summed E-state index contributed by atoms with van der Waals surface area (Å²) in [5.41, 5.74) is 1.99. The molecule has 24 heavy (non-hydrogen) atoms. The molecule has 0 fully saturated rings. The van der Waals surface area contributed by atoms with Crippen LogP contribution >= 0.6 is 34.7 Å². The molecular weight excluding hydrogens is 364 g/mol. The third-order valence-electron chi connectivity index (χ3n) is 3.17. The number of hydrogen-bond acceptors (Lipinski definition) is 5. The molecule has 124 valence electrons. The van der Waals surface area contributed by atoms with Gasteiger partial charge in [0.25, 0.3) is 0 Å². The topological polar surface area (TPSA) is 55.1 Å². The van der Waals surface area contributed by atoms with Gasteiger partial charge in [0.05, 0.1) is 17.7 Å². The summed E-state index contributed by atoms with van der Waals surface area (Å²) in [5, 5.41) is 6.45. The minimum absolute atomic E-state index is 0.0106.